The van der Waals surface area contributed by atoms with Crippen LogP contribution in [0, 0.1) is 0 Å². The molecule has 49 heavy (non-hydrogen) atoms. The molecule has 0 radical (unpaired) electrons. The second-order valence-electron chi connectivity index (χ2n) is 13.2. The molecule has 0 saturated carbocycles. The van der Waals surface area contributed by atoms with Gasteiger partial charge in [-0.2, -0.15) is 13.2 Å². The summed E-state index contributed by atoms with van der Waals surface area (Å²) >= 11 is 0. The number of anilines is 1. The Hall–Kier alpha value is -5.13. The maximum absolute atomic E-state index is 14.7. The van der Waals surface area contributed by atoms with Gasteiger partial charge in [-0.05, 0) is 62.6 Å². The van der Waals surface area contributed by atoms with Crippen LogP contribution in [0.15, 0.2) is 85.4 Å². The van der Waals surface area contributed by atoms with Crippen molar-refractivity contribution in [1.29, 1.82) is 0 Å². The third-order valence-electron chi connectivity index (χ3n) is 8.84. The molecule has 2 heterocycles. The molecule has 2 aliphatic heterocycles. The van der Waals surface area contributed by atoms with Gasteiger partial charge in [-0.25, -0.2) is 4.79 Å². The van der Waals surface area contributed by atoms with E-state index in [2.05, 4.69) is 6.58 Å². The molecule has 3 aromatic rings. The Bertz CT molecular complexity index is 1770. The number of alkyl halides is 3. The molecule has 3 aromatic carbocycles. The van der Waals surface area contributed by atoms with Crippen molar-refractivity contribution >= 4 is 35.6 Å². The highest BCUT2D eigenvalue weighted by atomic mass is 19.4. The van der Waals surface area contributed by atoms with E-state index in [9.17, 15) is 32.3 Å². The molecule has 0 aromatic heterocycles. The number of halogens is 3. The van der Waals surface area contributed by atoms with Gasteiger partial charge in [0.2, 0.25) is 5.91 Å². The number of nitrogens with zero attached hydrogens (tertiary/aromatic N) is 3. The zero-order valence-electron chi connectivity index (χ0n) is 27.9. The van der Waals surface area contributed by atoms with E-state index in [1.165, 1.54) is 29.0 Å². The van der Waals surface area contributed by atoms with Crippen molar-refractivity contribution in [3.63, 3.8) is 0 Å². The minimum Gasteiger partial charge on any atom is -0.460 e. The smallest absolute Gasteiger partial charge is 0.416 e. The average molecular weight is 678 g/mol. The molecule has 2 aliphatic rings. The molecule has 0 unspecified atom stereocenters. The molecule has 9 nitrogen and oxygen atoms in total. The minimum atomic E-state index is -4.68. The Kier molecular flexibility index (Phi) is 9.37. The summed E-state index contributed by atoms with van der Waals surface area (Å²) < 4.78 is 51.9. The molecular formula is C37H38F3N3O6. The van der Waals surface area contributed by atoms with Crippen LogP contribution >= 0.6 is 0 Å². The van der Waals surface area contributed by atoms with Crippen LogP contribution in [-0.4, -0.2) is 64.5 Å². The van der Waals surface area contributed by atoms with Crippen LogP contribution in [0.3, 0.4) is 0 Å². The van der Waals surface area contributed by atoms with Crippen LogP contribution in [0.4, 0.5) is 23.7 Å². The lowest BCUT2D eigenvalue weighted by atomic mass is 9.71. The first-order chi connectivity index (χ1) is 23.0. The number of amides is 3. The predicted octanol–water partition coefficient (Wildman–Crippen LogP) is 6.95. The van der Waals surface area contributed by atoms with E-state index in [0.717, 1.165) is 22.6 Å². The van der Waals surface area contributed by atoms with Crippen molar-refractivity contribution in [2.45, 2.75) is 69.6 Å². The summed E-state index contributed by atoms with van der Waals surface area (Å²) in [5, 5.41) is 0. The molecule has 258 valence electrons. The Labute approximate surface area is 282 Å². The molecule has 0 bridgehead atoms. The first-order valence-electron chi connectivity index (χ1n) is 15.7. The van der Waals surface area contributed by atoms with E-state index in [4.69, 9.17) is 9.47 Å². The van der Waals surface area contributed by atoms with Gasteiger partial charge >= 0.3 is 18.2 Å². The standard InChI is InChI=1S/C37H38F3N3O6/c1-7-23-14-11-12-19-27(23)31-36(5,43-29(22-48-34(43)47)24-15-9-8-10-16-24)33(46)42(31)28(21-30(44)49-35(2,3)4)32(45)41(6)26-18-13-17-25(20-26)37(38,39)40/h7-20,28-29,31H,1,21-22H2,2-6H3/t28-,29-,31-,36+/m1/s1. The Morgan fingerprint density at radius 3 is 2.33 bits per heavy atom. The molecule has 12 heteroatoms. The molecule has 5 rings (SSSR count). The quantitative estimate of drug-likeness (QED) is 0.180. The Morgan fingerprint density at radius 2 is 1.69 bits per heavy atom. The molecular weight excluding hydrogens is 639 g/mol. The van der Waals surface area contributed by atoms with Crippen LogP contribution in [0.5, 0.6) is 0 Å². The summed E-state index contributed by atoms with van der Waals surface area (Å²) in [4.78, 5) is 59.6. The van der Waals surface area contributed by atoms with Gasteiger partial charge in [-0.15, -0.1) is 0 Å². The monoisotopic (exact) mass is 677 g/mol. The number of β-lactam (4-membered cyclic amide) rings is 1. The van der Waals surface area contributed by atoms with Crippen LogP contribution in [-0.2, 0) is 30.0 Å². The van der Waals surface area contributed by atoms with Crippen LogP contribution < -0.4 is 4.90 Å². The SMILES string of the molecule is C=Cc1ccccc1[C@H]1N([C@H](CC(=O)OC(C)(C)C)C(=O)N(C)c2cccc(C(F)(F)F)c2)C(=O)[C@@]1(C)N1C(=O)OC[C@@H]1c1ccccc1. The zero-order valence-corrected chi connectivity index (χ0v) is 27.9. The number of likely N-dealkylation sites (N-methyl/N-ethyl adjacent to an activating group) is 1. The summed E-state index contributed by atoms with van der Waals surface area (Å²) in [6.45, 7) is 10.4. The van der Waals surface area contributed by atoms with Crippen molar-refractivity contribution in [3.05, 3.63) is 108 Å². The molecule has 2 saturated heterocycles. The van der Waals surface area contributed by atoms with Gasteiger partial charge in [-0.1, -0.05) is 73.3 Å². The summed E-state index contributed by atoms with van der Waals surface area (Å²) in [6, 6.07) is 17.1. The molecule has 0 spiro atoms. The topological polar surface area (TPSA) is 96.5 Å². The second-order valence-corrected chi connectivity index (χ2v) is 13.2. The first-order valence-corrected chi connectivity index (χ1v) is 15.7. The number of rotatable bonds is 9. The summed E-state index contributed by atoms with van der Waals surface area (Å²) in [5.41, 5.74) is -1.76. The van der Waals surface area contributed by atoms with Crippen LogP contribution in [0.2, 0.25) is 0 Å². The van der Waals surface area contributed by atoms with E-state index in [1.807, 2.05) is 18.2 Å². The van der Waals surface area contributed by atoms with Gasteiger partial charge in [0.05, 0.1) is 24.1 Å². The van der Waals surface area contributed by atoms with Gasteiger partial charge in [-0.3, -0.25) is 19.3 Å². The number of ether oxygens (including phenoxy) is 2. The van der Waals surface area contributed by atoms with E-state index < -0.39 is 71.3 Å². The Balaban J connectivity index is 1.65. The van der Waals surface area contributed by atoms with E-state index in [1.54, 1.807) is 70.2 Å². The zero-order chi connectivity index (χ0) is 35.9. The van der Waals surface area contributed by atoms with Crippen molar-refractivity contribution in [2.75, 3.05) is 18.6 Å². The lowest BCUT2D eigenvalue weighted by molar-refractivity contribution is -0.184. The number of benzene rings is 3. The maximum Gasteiger partial charge on any atom is 0.416 e. The maximum atomic E-state index is 14.7. The lowest BCUT2D eigenvalue weighted by Crippen LogP contribution is -2.77. The van der Waals surface area contributed by atoms with Crippen LogP contribution in [0.25, 0.3) is 6.08 Å². The number of cyclic esters (lactones) is 1. The highest BCUT2D eigenvalue weighted by molar-refractivity contribution is 6.05. The average Bonchev–Trinajstić information content (AvgIpc) is 3.45. The molecule has 0 N–H and O–H groups in total. The lowest BCUT2D eigenvalue weighted by Gasteiger charge is -2.60. The summed E-state index contributed by atoms with van der Waals surface area (Å²) in [5.74, 6) is -2.29. The van der Waals surface area contributed by atoms with Gasteiger partial charge in [0.15, 0.2) is 0 Å². The van der Waals surface area contributed by atoms with E-state index in [0.29, 0.717) is 11.1 Å². The van der Waals surface area contributed by atoms with Crippen molar-refractivity contribution in [2.24, 2.45) is 0 Å². The van der Waals surface area contributed by atoms with Crippen molar-refractivity contribution in [1.82, 2.24) is 9.80 Å². The largest absolute Gasteiger partial charge is 0.460 e. The fraction of sp³-hybridized carbons (Fsp3) is 0.351. The number of carbonyl (C=O) groups excluding carboxylic acids is 4. The van der Waals surface area contributed by atoms with Gasteiger partial charge < -0.3 is 19.3 Å². The van der Waals surface area contributed by atoms with Crippen LogP contribution in [0.1, 0.15) is 68.5 Å². The second kappa shape index (κ2) is 13.1. The highest BCUT2D eigenvalue weighted by Gasteiger charge is 2.68. The van der Waals surface area contributed by atoms with E-state index >= 15 is 0 Å². The van der Waals surface area contributed by atoms with E-state index in [-0.39, 0.29) is 12.3 Å². The van der Waals surface area contributed by atoms with Gasteiger partial charge in [0.25, 0.3) is 5.91 Å². The van der Waals surface area contributed by atoms with Crippen molar-refractivity contribution < 1.29 is 41.8 Å². The Morgan fingerprint density at radius 1 is 1.04 bits per heavy atom. The fourth-order valence-corrected chi connectivity index (χ4v) is 6.60. The number of esters is 1. The van der Waals surface area contributed by atoms with Crippen molar-refractivity contribution in [3.8, 4) is 0 Å². The molecule has 0 aliphatic carbocycles. The third kappa shape index (κ3) is 6.64. The summed E-state index contributed by atoms with van der Waals surface area (Å²) in [6.07, 6.45) is -4.45. The predicted molar refractivity (Wildman–Crippen MR) is 176 cm³/mol. The summed E-state index contributed by atoms with van der Waals surface area (Å²) in [7, 11) is 1.28. The first kappa shape index (κ1) is 35.2. The normalized spacial score (nSPS) is 21.5. The molecule has 4 atom stereocenters. The highest BCUT2D eigenvalue weighted by Crippen LogP contribution is 2.53. The molecule has 3 amide bonds. The minimum absolute atomic E-state index is 0.0277. The number of carbonyl (C=O) groups is 4. The third-order valence-corrected chi connectivity index (χ3v) is 8.84. The fourth-order valence-electron chi connectivity index (χ4n) is 6.60. The van der Waals surface area contributed by atoms with Gasteiger partial charge in [0.1, 0.15) is 23.8 Å². The number of likely N-dealkylation sites (tertiary alicyclic amines) is 1. The molecule has 2 fully saturated rings. The number of hydrogen-bond acceptors (Lipinski definition) is 6. The number of hydrogen-bond donors (Lipinski definition) is 0. The van der Waals surface area contributed by atoms with Gasteiger partial charge in [0, 0.05) is 12.7 Å².